The number of nitrogens with zero attached hydrogens (tertiary/aromatic N) is 1. The Morgan fingerprint density at radius 3 is 2.18 bits per heavy atom. The second kappa shape index (κ2) is 9.98. The van der Waals surface area contributed by atoms with Crippen LogP contribution in [-0.2, 0) is 13.0 Å². The molecule has 5 aromatic rings. The first-order valence-electron chi connectivity index (χ1n) is 12.6. The van der Waals surface area contributed by atoms with E-state index in [1.807, 2.05) is 83.8 Å². The molecule has 6 heteroatoms. The highest BCUT2D eigenvalue weighted by molar-refractivity contribution is 5.99. The predicted molar refractivity (Wildman–Crippen MR) is 148 cm³/mol. The Kier molecular flexibility index (Phi) is 6.22. The number of hydrogen-bond acceptors (Lipinski definition) is 4. The summed E-state index contributed by atoms with van der Waals surface area (Å²) in [5.41, 5.74) is 5.96. The molecule has 1 amide bonds. The number of fused-ring (bicyclic) bond motifs is 2. The molecule has 4 aromatic carbocycles. The molecule has 0 unspecified atom stereocenters. The lowest BCUT2D eigenvalue weighted by atomic mass is 9.98. The van der Waals surface area contributed by atoms with Crippen LogP contribution < -0.4 is 14.2 Å². The van der Waals surface area contributed by atoms with Crippen molar-refractivity contribution >= 4 is 16.8 Å². The van der Waals surface area contributed by atoms with Crippen molar-refractivity contribution in [3.63, 3.8) is 0 Å². The molecule has 38 heavy (non-hydrogen) atoms. The second-order valence-electron chi connectivity index (χ2n) is 9.38. The highest BCUT2D eigenvalue weighted by atomic mass is 16.5. The van der Waals surface area contributed by atoms with Gasteiger partial charge in [0.05, 0.1) is 14.2 Å². The fourth-order valence-electron chi connectivity index (χ4n) is 4.99. The summed E-state index contributed by atoms with van der Waals surface area (Å²) in [6.45, 7) is 1.19. The molecule has 6 rings (SSSR count). The lowest BCUT2D eigenvalue weighted by molar-refractivity contribution is 0.0729. The Balaban J connectivity index is 1.20. The molecular weight excluding hydrogens is 476 g/mol. The van der Waals surface area contributed by atoms with Crippen LogP contribution in [0.2, 0.25) is 0 Å². The van der Waals surface area contributed by atoms with Gasteiger partial charge in [-0.2, -0.15) is 0 Å². The van der Waals surface area contributed by atoms with Crippen LogP contribution in [0, 0.1) is 0 Å². The first-order chi connectivity index (χ1) is 18.6. The van der Waals surface area contributed by atoms with Crippen molar-refractivity contribution in [3.8, 4) is 34.1 Å². The van der Waals surface area contributed by atoms with Gasteiger partial charge in [0, 0.05) is 24.0 Å². The van der Waals surface area contributed by atoms with Crippen LogP contribution in [0.3, 0.4) is 0 Å². The molecule has 2 heterocycles. The van der Waals surface area contributed by atoms with Crippen LogP contribution in [0.1, 0.15) is 21.6 Å². The zero-order valence-electron chi connectivity index (χ0n) is 21.4. The van der Waals surface area contributed by atoms with E-state index < -0.39 is 0 Å². The fourth-order valence-corrected chi connectivity index (χ4v) is 4.99. The van der Waals surface area contributed by atoms with Gasteiger partial charge in [-0.15, -0.1) is 0 Å². The highest BCUT2D eigenvalue weighted by Crippen LogP contribution is 2.34. The van der Waals surface area contributed by atoms with E-state index in [0.29, 0.717) is 24.5 Å². The number of para-hydroxylation sites is 1. The van der Waals surface area contributed by atoms with E-state index in [0.717, 1.165) is 51.3 Å². The van der Waals surface area contributed by atoms with Gasteiger partial charge in [0.1, 0.15) is 17.2 Å². The monoisotopic (exact) mass is 504 g/mol. The van der Waals surface area contributed by atoms with Gasteiger partial charge in [0.25, 0.3) is 5.91 Å². The minimum atomic E-state index is -0.00871. The molecule has 1 aromatic heterocycles. The molecule has 0 aliphatic carbocycles. The van der Waals surface area contributed by atoms with Crippen LogP contribution in [-0.4, -0.2) is 36.6 Å². The Hall–Kier alpha value is -4.71. The van der Waals surface area contributed by atoms with Gasteiger partial charge in [-0.25, -0.2) is 0 Å². The smallest absolute Gasteiger partial charge is 0.270 e. The van der Waals surface area contributed by atoms with Crippen LogP contribution >= 0.6 is 0 Å². The van der Waals surface area contributed by atoms with E-state index in [1.165, 1.54) is 5.56 Å². The maximum absolute atomic E-state index is 13.4. The number of aromatic nitrogens is 1. The summed E-state index contributed by atoms with van der Waals surface area (Å²) in [6.07, 6.45) is 0.774. The van der Waals surface area contributed by atoms with Crippen molar-refractivity contribution < 1.29 is 19.0 Å². The molecule has 0 radical (unpaired) electrons. The predicted octanol–water partition coefficient (Wildman–Crippen LogP) is 6.84. The third-order valence-corrected chi connectivity index (χ3v) is 7.02. The first kappa shape index (κ1) is 23.7. The number of H-pyrrole nitrogens is 1. The van der Waals surface area contributed by atoms with E-state index in [2.05, 4.69) is 17.1 Å². The average molecular weight is 505 g/mol. The SMILES string of the molecule is COc1cc2c(cc1OC)CN(C(=O)c1cc3cc(-c4ccc(Oc5ccccc5)cc4)ccc3[nH]1)CC2. The summed E-state index contributed by atoms with van der Waals surface area (Å²) in [5, 5.41) is 0.999. The molecule has 0 spiro atoms. The summed E-state index contributed by atoms with van der Waals surface area (Å²) in [7, 11) is 3.27. The number of ether oxygens (including phenoxy) is 3. The number of benzene rings is 4. The molecule has 190 valence electrons. The quantitative estimate of drug-likeness (QED) is 0.275. The summed E-state index contributed by atoms with van der Waals surface area (Å²) < 4.78 is 16.8. The summed E-state index contributed by atoms with van der Waals surface area (Å²) in [4.78, 5) is 18.6. The Bertz CT molecular complexity index is 1610. The number of nitrogens with one attached hydrogen (secondary N) is 1. The van der Waals surface area contributed by atoms with Gasteiger partial charge in [-0.1, -0.05) is 36.4 Å². The highest BCUT2D eigenvalue weighted by Gasteiger charge is 2.25. The van der Waals surface area contributed by atoms with Crippen LogP contribution in [0.4, 0.5) is 0 Å². The third kappa shape index (κ3) is 4.57. The second-order valence-corrected chi connectivity index (χ2v) is 9.38. The van der Waals surface area contributed by atoms with Crippen molar-refractivity contribution in [2.24, 2.45) is 0 Å². The summed E-state index contributed by atoms with van der Waals surface area (Å²) in [5.74, 6) is 2.98. The zero-order chi connectivity index (χ0) is 26.1. The molecule has 0 saturated carbocycles. The minimum Gasteiger partial charge on any atom is -0.493 e. The van der Waals surface area contributed by atoms with E-state index in [9.17, 15) is 4.79 Å². The van der Waals surface area contributed by atoms with Gasteiger partial charge in [-0.3, -0.25) is 4.79 Å². The molecule has 1 N–H and O–H groups in total. The third-order valence-electron chi connectivity index (χ3n) is 7.02. The van der Waals surface area contributed by atoms with Crippen LogP contribution in [0.25, 0.3) is 22.0 Å². The van der Waals surface area contributed by atoms with Crippen LogP contribution in [0.5, 0.6) is 23.0 Å². The molecule has 1 aliphatic heterocycles. The van der Waals surface area contributed by atoms with Gasteiger partial charge in [0.2, 0.25) is 0 Å². The number of carbonyl (C=O) groups excluding carboxylic acids is 1. The number of hydrogen-bond donors (Lipinski definition) is 1. The molecule has 1 aliphatic rings. The van der Waals surface area contributed by atoms with Crippen molar-refractivity contribution in [2.75, 3.05) is 20.8 Å². The first-order valence-corrected chi connectivity index (χ1v) is 12.6. The largest absolute Gasteiger partial charge is 0.493 e. The zero-order valence-corrected chi connectivity index (χ0v) is 21.4. The van der Waals surface area contributed by atoms with Gasteiger partial charge >= 0.3 is 0 Å². The number of amides is 1. The van der Waals surface area contributed by atoms with E-state index in [4.69, 9.17) is 14.2 Å². The van der Waals surface area contributed by atoms with Crippen molar-refractivity contribution in [1.29, 1.82) is 0 Å². The van der Waals surface area contributed by atoms with E-state index >= 15 is 0 Å². The number of rotatable bonds is 6. The Morgan fingerprint density at radius 2 is 1.45 bits per heavy atom. The standard InChI is InChI=1S/C32H28N2O4/c1-36-30-18-23-14-15-34(20-25(23)19-31(30)37-2)32(35)29-17-24-16-22(10-13-28(24)33-29)21-8-11-27(12-9-21)38-26-6-4-3-5-7-26/h3-13,16-19,33H,14-15,20H2,1-2H3. The lowest BCUT2D eigenvalue weighted by Crippen LogP contribution is -2.36. The molecule has 0 saturated heterocycles. The van der Waals surface area contributed by atoms with Gasteiger partial charge in [-0.05, 0) is 83.3 Å². The van der Waals surface area contributed by atoms with Gasteiger partial charge < -0.3 is 24.1 Å². The van der Waals surface area contributed by atoms with Crippen molar-refractivity contribution in [3.05, 3.63) is 108 Å². The fraction of sp³-hybridized carbons (Fsp3) is 0.156. The minimum absolute atomic E-state index is 0.00871. The summed E-state index contributed by atoms with van der Waals surface area (Å²) >= 11 is 0. The van der Waals surface area contributed by atoms with Gasteiger partial charge in [0.15, 0.2) is 11.5 Å². The maximum atomic E-state index is 13.4. The summed E-state index contributed by atoms with van der Waals surface area (Å²) in [6, 6.07) is 29.9. The Morgan fingerprint density at radius 1 is 0.763 bits per heavy atom. The number of aromatic amines is 1. The maximum Gasteiger partial charge on any atom is 0.270 e. The molecule has 6 nitrogen and oxygen atoms in total. The Labute approximate surface area is 221 Å². The van der Waals surface area contributed by atoms with Crippen LogP contribution in [0.15, 0.2) is 91.0 Å². The van der Waals surface area contributed by atoms with Crippen molar-refractivity contribution in [1.82, 2.24) is 9.88 Å². The van der Waals surface area contributed by atoms with Crippen molar-refractivity contribution in [2.45, 2.75) is 13.0 Å². The normalized spacial score (nSPS) is 12.7. The molecule has 0 bridgehead atoms. The number of methoxy groups -OCH3 is 2. The van der Waals surface area contributed by atoms with E-state index in [1.54, 1.807) is 14.2 Å². The average Bonchev–Trinajstić information content (AvgIpc) is 3.40. The molecule has 0 atom stereocenters. The molecular formula is C32H28N2O4. The lowest BCUT2D eigenvalue weighted by Gasteiger charge is -2.29. The molecule has 0 fully saturated rings. The van der Waals surface area contributed by atoms with E-state index in [-0.39, 0.29) is 5.91 Å². The number of carbonyl (C=O) groups is 1. The topological polar surface area (TPSA) is 63.8 Å².